The summed E-state index contributed by atoms with van der Waals surface area (Å²) in [6.45, 7) is 2.99. The van der Waals surface area contributed by atoms with Gasteiger partial charge in [-0.15, -0.1) is 0 Å². The van der Waals surface area contributed by atoms with Crippen molar-refractivity contribution in [1.82, 2.24) is 0 Å². The van der Waals surface area contributed by atoms with Crippen molar-refractivity contribution < 1.29 is 31.1 Å². The number of benzene rings is 2. The van der Waals surface area contributed by atoms with Crippen LogP contribution in [0, 0.1) is 0 Å². The number of aryl methyl sites for hydroxylation is 1. The highest BCUT2D eigenvalue weighted by Crippen LogP contribution is 2.53. The second-order valence-electron chi connectivity index (χ2n) is 7.43. The van der Waals surface area contributed by atoms with Gasteiger partial charge in [-0.3, -0.25) is 0 Å². The molecule has 2 rings (SSSR count). The van der Waals surface area contributed by atoms with Gasteiger partial charge in [0.05, 0.1) is 6.61 Å². The molecule has 0 heterocycles. The van der Waals surface area contributed by atoms with Crippen LogP contribution in [0.2, 0.25) is 0 Å². The van der Waals surface area contributed by atoms with E-state index < -0.39 is 30.1 Å². The summed E-state index contributed by atoms with van der Waals surface area (Å²) in [6, 6.07) is 10.2. The summed E-state index contributed by atoms with van der Waals surface area (Å²) in [7, 11) is 0. The van der Waals surface area contributed by atoms with E-state index in [0.717, 1.165) is 12.1 Å². The van der Waals surface area contributed by atoms with Crippen LogP contribution in [-0.2, 0) is 23.4 Å². The largest absolute Gasteiger partial charge is 0.430 e. The lowest BCUT2D eigenvalue weighted by Crippen LogP contribution is -2.55. The van der Waals surface area contributed by atoms with Gasteiger partial charge in [0.2, 0.25) is 0 Å². The minimum Gasteiger partial charge on any atom is -0.383 e. The number of nitrogens with two attached hydrogens (primary N) is 1. The van der Waals surface area contributed by atoms with Crippen molar-refractivity contribution in [3.63, 3.8) is 0 Å². The molecule has 0 fully saturated rings. The summed E-state index contributed by atoms with van der Waals surface area (Å²) in [5.74, 6) is 0. The van der Waals surface area contributed by atoms with Crippen LogP contribution in [0.4, 0.5) is 32.0 Å². The molecule has 0 radical (unpaired) electrons. The summed E-state index contributed by atoms with van der Waals surface area (Å²) >= 11 is 0. The standard InChI is InChI=1S/C22H26F6N2O/c1-3-7-17-12-18(10-11-19(17)30-13-15(2)29)20(21(23,24)25,22(26,27)28)31-14-16-8-5-4-6-9-16/h4-6,8-12,15,30H,3,7,13-14,29H2,1-2H3/t15-/m0/s1. The van der Waals surface area contributed by atoms with Crippen LogP contribution < -0.4 is 11.1 Å². The van der Waals surface area contributed by atoms with Gasteiger partial charge < -0.3 is 15.8 Å². The predicted molar refractivity (Wildman–Crippen MR) is 108 cm³/mol. The van der Waals surface area contributed by atoms with Gasteiger partial charge in [-0.2, -0.15) is 26.3 Å². The van der Waals surface area contributed by atoms with Crippen molar-refractivity contribution >= 4 is 5.69 Å². The maximum absolute atomic E-state index is 14.1. The van der Waals surface area contributed by atoms with Gasteiger partial charge in [0.15, 0.2) is 0 Å². The van der Waals surface area contributed by atoms with Crippen molar-refractivity contribution in [2.24, 2.45) is 5.73 Å². The number of nitrogens with one attached hydrogen (secondary N) is 1. The average Bonchev–Trinajstić information content (AvgIpc) is 2.66. The number of alkyl halides is 6. The highest BCUT2D eigenvalue weighted by atomic mass is 19.4. The van der Waals surface area contributed by atoms with E-state index in [4.69, 9.17) is 10.5 Å². The van der Waals surface area contributed by atoms with Gasteiger partial charge in [0.25, 0.3) is 5.60 Å². The van der Waals surface area contributed by atoms with E-state index in [2.05, 4.69) is 5.32 Å². The first-order valence-electron chi connectivity index (χ1n) is 9.86. The second-order valence-corrected chi connectivity index (χ2v) is 7.43. The van der Waals surface area contributed by atoms with Crippen LogP contribution in [0.1, 0.15) is 37.0 Å². The summed E-state index contributed by atoms with van der Waals surface area (Å²) in [6.07, 6.45) is -10.6. The number of rotatable bonds is 9. The molecule has 0 aliphatic heterocycles. The van der Waals surface area contributed by atoms with E-state index in [0.29, 0.717) is 30.6 Å². The van der Waals surface area contributed by atoms with Gasteiger partial charge in [-0.1, -0.05) is 55.8 Å². The number of hydrogen-bond acceptors (Lipinski definition) is 3. The Morgan fingerprint density at radius 1 is 0.968 bits per heavy atom. The maximum Gasteiger partial charge on any atom is 0.430 e. The van der Waals surface area contributed by atoms with Crippen LogP contribution in [-0.4, -0.2) is 24.9 Å². The third-order valence-electron chi connectivity index (χ3n) is 4.74. The van der Waals surface area contributed by atoms with E-state index in [1.807, 2.05) is 0 Å². The Morgan fingerprint density at radius 2 is 1.58 bits per heavy atom. The second kappa shape index (κ2) is 9.91. The molecule has 0 amide bonds. The van der Waals surface area contributed by atoms with E-state index in [1.54, 1.807) is 19.9 Å². The van der Waals surface area contributed by atoms with Crippen molar-refractivity contribution in [3.05, 3.63) is 65.2 Å². The Kier molecular flexibility index (Phi) is 7.99. The number of halogens is 6. The Morgan fingerprint density at radius 3 is 2.10 bits per heavy atom. The van der Waals surface area contributed by atoms with Crippen molar-refractivity contribution in [3.8, 4) is 0 Å². The highest BCUT2D eigenvalue weighted by Gasteiger charge is 2.73. The Balaban J connectivity index is 2.58. The normalized spacial score (nSPS) is 13.8. The molecule has 0 bridgehead atoms. The van der Waals surface area contributed by atoms with Gasteiger partial charge in [0, 0.05) is 23.8 Å². The Bertz CT molecular complexity index is 820. The van der Waals surface area contributed by atoms with Crippen LogP contribution >= 0.6 is 0 Å². The molecule has 9 heteroatoms. The summed E-state index contributed by atoms with van der Waals surface area (Å²) in [4.78, 5) is 0. The fourth-order valence-electron chi connectivity index (χ4n) is 3.23. The molecular weight excluding hydrogens is 422 g/mol. The van der Waals surface area contributed by atoms with Crippen LogP contribution in [0.15, 0.2) is 48.5 Å². The molecule has 0 aromatic heterocycles. The number of ether oxygens (including phenoxy) is 1. The first-order valence-corrected chi connectivity index (χ1v) is 9.86. The van der Waals surface area contributed by atoms with Crippen LogP contribution in [0.3, 0.4) is 0 Å². The van der Waals surface area contributed by atoms with Gasteiger partial charge in [0.1, 0.15) is 0 Å². The lowest BCUT2D eigenvalue weighted by Gasteiger charge is -2.38. The fraction of sp³-hybridized carbons (Fsp3) is 0.455. The molecule has 0 spiro atoms. The van der Waals surface area contributed by atoms with Gasteiger partial charge in [-0.25, -0.2) is 0 Å². The molecule has 1 atom stereocenters. The predicted octanol–water partition coefficient (Wildman–Crippen LogP) is 5.93. The Labute approximate surface area is 177 Å². The quantitative estimate of drug-likeness (QED) is 0.467. The third kappa shape index (κ3) is 5.71. The molecule has 0 unspecified atom stereocenters. The zero-order valence-electron chi connectivity index (χ0n) is 17.3. The zero-order chi connectivity index (χ0) is 23.3. The maximum atomic E-state index is 14.1. The van der Waals surface area contributed by atoms with Crippen LogP contribution in [0.25, 0.3) is 0 Å². The van der Waals surface area contributed by atoms with E-state index >= 15 is 0 Å². The van der Waals surface area contributed by atoms with Gasteiger partial charge >= 0.3 is 12.4 Å². The molecule has 0 aliphatic rings. The Hall–Kier alpha value is -2.26. The monoisotopic (exact) mass is 448 g/mol. The topological polar surface area (TPSA) is 47.3 Å². The molecule has 2 aromatic carbocycles. The van der Waals surface area contributed by atoms with Crippen molar-refractivity contribution in [1.29, 1.82) is 0 Å². The molecule has 0 saturated carbocycles. The third-order valence-corrected chi connectivity index (χ3v) is 4.74. The minimum absolute atomic E-state index is 0.198. The minimum atomic E-state index is -5.73. The van der Waals surface area contributed by atoms with Gasteiger partial charge in [-0.05, 0) is 30.5 Å². The molecule has 3 N–H and O–H groups in total. The SMILES string of the molecule is CCCc1cc(C(OCc2ccccc2)(C(F)(F)F)C(F)(F)F)ccc1NC[C@H](C)N. The van der Waals surface area contributed by atoms with Crippen molar-refractivity contribution in [2.45, 2.75) is 57.3 Å². The molecule has 0 aliphatic carbocycles. The number of hydrogen-bond donors (Lipinski definition) is 2. The first-order chi connectivity index (χ1) is 14.4. The lowest BCUT2D eigenvalue weighted by molar-refractivity contribution is -0.392. The summed E-state index contributed by atoms with van der Waals surface area (Å²) in [5.41, 5.74) is 1.21. The smallest absolute Gasteiger partial charge is 0.383 e. The molecule has 31 heavy (non-hydrogen) atoms. The molecule has 172 valence electrons. The summed E-state index contributed by atoms with van der Waals surface area (Å²) < 4.78 is 89.0. The average molecular weight is 448 g/mol. The van der Waals surface area contributed by atoms with E-state index in [1.165, 1.54) is 30.3 Å². The molecule has 3 nitrogen and oxygen atoms in total. The number of anilines is 1. The fourth-order valence-corrected chi connectivity index (χ4v) is 3.23. The molecule has 0 saturated heterocycles. The highest BCUT2D eigenvalue weighted by molar-refractivity contribution is 5.54. The van der Waals surface area contributed by atoms with E-state index in [9.17, 15) is 26.3 Å². The summed E-state index contributed by atoms with van der Waals surface area (Å²) in [5, 5.41) is 2.98. The lowest BCUT2D eigenvalue weighted by atomic mass is 9.89. The zero-order valence-corrected chi connectivity index (χ0v) is 17.3. The van der Waals surface area contributed by atoms with Crippen molar-refractivity contribution in [2.75, 3.05) is 11.9 Å². The van der Waals surface area contributed by atoms with Crippen LogP contribution in [0.5, 0.6) is 0 Å². The molecule has 2 aromatic rings. The van der Waals surface area contributed by atoms with E-state index in [-0.39, 0.29) is 11.6 Å². The molecular formula is C22H26F6N2O. The first kappa shape index (κ1) is 25.0.